The molecule has 2 unspecified atom stereocenters. The molecule has 1 aliphatic rings. The molecule has 5 rings (SSSR count). The van der Waals surface area contributed by atoms with Gasteiger partial charge in [0.25, 0.3) is 5.91 Å². The number of esters is 1. The number of carbonyl (C=O) groups excluding carboxylic acids is 2. The molecule has 2 heterocycles. The largest absolute Gasteiger partial charge is 0.493 e. The van der Waals surface area contributed by atoms with Crippen molar-refractivity contribution in [2.45, 2.75) is 37.6 Å². The predicted molar refractivity (Wildman–Crippen MR) is 133 cm³/mol. The van der Waals surface area contributed by atoms with Crippen LogP contribution in [0.1, 0.15) is 71.0 Å². The number of methoxy groups -OCH3 is 1. The summed E-state index contributed by atoms with van der Waals surface area (Å²) in [5.74, 6) is 0.339. The number of hydrogen-bond donors (Lipinski definition) is 1. The fourth-order valence-electron chi connectivity index (χ4n) is 4.68. The lowest BCUT2D eigenvalue weighted by molar-refractivity contribution is -0.132. The summed E-state index contributed by atoms with van der Waals surface area (Å²) < 4.78 is 16.1. The molecule has 4 aromatic rings. The molecule has 1 aliphatic carbocycles. The van der Waals surface area contributed by atoms with E-state index in [-0.39, 0.29) is 34.9 Å². The quantitative estimate of drug-likeness (QED) is 0.352. The van der Waals surface area contributed by atoms with Crippen molar-refractivity contribution >= 4 is 11.9 Å². The lowest BCUT2D eigenvalue weighted by Gasteiger charge is -2.14. The van der Waals surface area contributed by atoms with Crippen LogP contribution in [0.3, 0.4) is 0 Å². The third-order valence-corrected chi connectivity index (χ3v) is 6.42. The van der Waals surface area contributed by atoms with Gasteiger partial charge in [-0.3, -0.25) is 9.59 Å². The Hall–Kier alpha value is -4.53. The van der Waals surface area contributed by atoms with E-state index in [1.807, 2.05) is 36.4 Å². The Kier molecular flexibility index (Phi) is 6.68. The fraction of sp³-hybridized carbons (Fsp3) is 0.250. The van der Waals surface area contributed by atoms with E-state index in [0.29, 0.717) is 11.7 Å². The lowest BCUT2D eigenvalue weighted by atomic mass is 10.0. The topological polar surface area (TPSA) is 116 Å². The molecule has 2 aromatic heterocycles. The molecule has 2 aromatic carbocycles. The number of aromatic nitrogens is 3. The van der Waals surface area contributed by atoms with Crippen LogP contribution >= 0.6 is 0 Å². The van der Waals surface area contributed by atoms with Gasteiger partial charge in [-0.1, -0.05) is 65.8 Å². The van der Waals surface area contributed by atoms with Crippen LogP contribution < -0.4 is 14.8 Å². The van der Waals surface area contributed by atoms with Gasteiger partial charge >= 0.3 is 5.97 Å². The van der Waals surface area contributed by atoms with Gasteiger partial charge in [-0.15, -0.1) is 0 Å². The van der Waals surface area contributed by atoms with Crippen LogP contribution in [-0.2, 0) is 4.79 Å². The molecule has 0 aliphatic heterocycles. The van der Waals surface area contributed by atoms with Crippen molar-refractivity contribution in [2.75, 3.05) is 7.11 Å². The number of amides is 1. The van der Waals surface area contributed by atoms with Crippen molar-refractivity contribution in [3.63, 3.8) is 0 Å². The summed E-state index contributed by atoms with van der Waals surface area (Å²) in [5, 5.41) is 6.96. The van der Waals surface area contributed by atoms with Crippen LogP contribution in [0.25, 0.3) is 0 Å². The average molecular weight is 499 g/mol. The van der Waals surface area contributed by atoms with E-state index in [4.69, 9.17) is 14.0 Å². The van der Waals surface area contributed by atoms with Crippen LogP contribution in [-0.4, -0.2) is 34.1 Å². The number of benzene rings is 2. The van der Waals surface area contributed by atoms with Gasteiger partial charge in [0.05, 0.1) is 19.1 Å². The van der Waals surface area contributed by atoms with Gasteiger partial charge in [0.2, 0.25) is 11.6 Å². The second-order valence-corrected chi connectivity index (χ2v) is 8.87. The number of pyridine rings is 1. The van der Waals surface area contributed by atoms with E-state index in [0.717, 1.165) is 0 Å². The Balaban J connectivity index is 1.36. The number of ether oxygens (including phenoxy) is 2. The monoisotopic (exact) mass is 498 g/mol. The second kappa shape index (κ2) is 10.2. The van der Waals surface area contributed by atoms with Crippen LogP contribution in [0.15, 0.2) is 77.4 Å². The highest BCUT2D eigenvalue weighted by atomic mass is 16.6. The first-order valence-electron chi connectivity index (χ1n) is 11.9. The number of nitrogens with zero attached hydrogens (tertiary/aromatic N) is 3. The average Bonchev–Trinajstić information content (AvgIpc) is 3.46. The summed E-state index contributed by atoms with van der Waals surface area (Å²) in [6.07, 6.45) is 1.40. The molecule has 188 valence electrons. The Labute approximate surface area is 213 Å². The molecule has 1 fully saturated rings. The molecule has 9 heteroatoms. The summed E-state index contributed by atoms with van der Waals surface area (Å²) in [5.41, 5.74) is 2.34. The first-order chi connectivity index (χ1) is 18.0. The van der Waals surface area contributed by atoms with Crippen LogP contribution in [0, 0.1) is 0 Å². The number of rotatable bonds is 8. The highest BCUT2D eigenvalue weighted by Crippen LogP contribution is 2.65. The maximum Gasteiger partial charge on any atom is 0.308 e. The fourth-order valence-corrected chi connectivity index (χ4v) is 4.68. The molecule has 1 saturated carbocycles. The normalized spacial score (nSPS) is 19.1. The minimum absolute atomic E-state index is 0.0320. The number of carbonyl (C=O) groups is 2. The standard InChI is InChI=1S/C28H26N4O5/c1-16(30-27(34)24-25(36-17(2)33)20(35-3)14-15-29-24)26-31-28(37-32-26)23-21(18-10-6-4-7-11-18)22(23)19-12-8-5-9-13-19/h4-16,21-23H,1-3H3,(H,30,34)/t16-,21?,22?,23?/m0/s1. The minimum Gasteiger partial charge on any atom is -0.493 e. The van der Waals surface area contributed by atoms with Crippen molar-refractivity contribution in [1.82, 2.24) is 20.4 Å². The van der Waals surface area contributed by atoms with Gasteiger partial charge in [0, 0.05) is 31.0 Å². The van der Waals surface area contributed by atoms with Gasteiger partial charge < -0.3 is 19.3 Å². The third-order valence-electron chi connectivity index (χ3n) is 6.42. The van der Waals surface area contributed by atoms with Crippen molar-refractivity contribution < 1.29 is 23.6 Å². The van der Waals surface area contributed by atoms with E-state index >= 15 is 0 Å². The van der Waals surface area contributed by atoms with Crippen LogP contribution in [0.2, 0.25) is 0 Å². The molecule has 1 amide bonds. The summed E-state index contributed by atoms with van der Waals surface area (Å²) in [6, 6.07) is 21.5. The zero-order valence-electron chi connectivity index (χ0n) is 20.6. The summed E-state index contributed by atoms with van der Waals surface area (Å²) >= 11 is 0. The number of nitrogens with one attached hydrogen (secondary N) is 1. The highest BCUT2D eigenvalue weighted by molar-refractivity contribution is 5.96. The van der Waals surface area contributed by atoms with E-state index < -0.39 is 17.9 Å². The van der Waals surface area contributed by atoms with E-state index in [9.17, 15) is 9.59 Å². The summed E-state index contributed by atoms with van der Waals surface area (Å²) in [7, 11) is 1.41. The molecule has 9 nitrogen and oxygen atoms in total. The van der Waals surface area contributed by atoms with Gasteiger partial charge in [-0.2, -0.15) is 4.98 Å². The van der Waals surface area contributed by atoms with Crippen molar-refractivity contribution in [3.8, 4) is 11.5 Å². The molecule has 0 bridgehead atoms. The molecular weight excluding hydrogens is 472 g/mol. The molecular formula is C28H26N4O5. The van der Waals surface area contributed by atoms with E-state index in [2.05, 4.69) is 44.7 Å². The van der Waals surface area contributed by atoms with E-state index in [1.54, 1.807) is 6.92 Å². The molecule has 0 radical (unpaired) electrons. The van der Waals surface area contributed by atoms with E-state index in [1.165, 1.54) is 37.4 Å². The van der Waals surface area contributed by atoms with Gasteiger partial charge in [-0.25, -0.2) is 4.98 Å². The summed E-state index contributed by atoms with van der Waals surface area (Å²) in [6.45, 7) is 2.98. The predicted octanol–water partition coefficient (Wildman–Crippen LogP) is 4.55. The third kappa shape index (κ3) is 4.93. The minimum atomic E-state index is -0.596. The van der Waals surface area contributed by atoms with Crippen molar-refractivity contribution in [2.24, 2.45) is 0 Å². The molecule has 0 spiro atoms. The second-order valence-electron chi connectivity index (χ2n) is 8.87. The number of hydrogen-bond acceptors (Lipinski definition) is 8. The Bertz CT molecular complexity index is 1360. The van der Waals surface area contributed by atoms with Crippen molar-refractivity contribution in [3.05, 3.63) is 101 Å². The Morgan fingerprint density at radius 3 is 2.14 bits per heavy atom. The SMILES string of the molecule is COc1ccnc(C(=O)N[C@@H](C)c2noc(C3C(c4ccccc4)C3c3ccccc3)n2)c1OC(C)=O. The molecule has 3 atom stereocenters. The van der Waals surface area contributed by atoms with Gasteiger partial charge in [0.15, 0.2) is 17.3 Å². The molecule has 1 N–H and O–H groups in total. The molecule has 0 saturated heterocycles. The lowest BCUT2D eigenvalue weighted by Crippen LogP contribution is -2.29. The zero-order valence-corrected chi connectivity index (χ0v) is 20.6. The van der Waals surface area contributed by atoms with Gasteiger partial charge in [-0.05, 0) is 18.1 Å². The smallest absolute Gasteiger partial charge is 0.308 e. The first kappa shape index (κ1) is 24.2. The highest BCUT2D eigenvalue weighted by Gasteiger charge is 2.55. The maximum atomic E-state index is 13.0. The maximum absolute atomic E-state index is 13.0. The van der Waals surface area contributed by atoms with Crippen molar-refractivity contribution in [1.29, 1.82) is 0 Å². The Morgan fingerprint density at radius 2 is 1.57 bits per heavy atom. The molecule has 37 heavy (non-hydrogen) atoms. The summed E-state index contributed by atoms with van der Waals surface area (Å²) in [4.78, 5) is 33.3. The van der Waals surface area contributed by atoms with Gasteiger partial charge in [0.1, 0.15) is 0 Å². The first-order valence-corrected chi connectivity index (χ1v) is 11.9. The zero-order chi connectivity index (χ0) is 25.9. The Morgan fingerprint density at radius 1 is 0.946 bits per heavy atom. The van der Waals surface area contributed by atoms with Crippen LogP contribution in [0.4, 0.5) is 0 Å². The van der Waals surface area contributed by atoms with Crippen LogP contribution in [0.5, 0.6) is 11.5 Å².